The van der Waals surface area contributed by atoms with Gasteiger partial charge in [-0.2, -0.15) is 0 Å². The maximum absolute atomic E-state index is 13.2. The molecule has 0 aromatic rings. The summed E-state index contributed by atoms with van der Waals surface area (Å²) >= 11 is 0. The zero-order valence-corrected chi connectivity index (χ0v) is 40.8. The van der Waals surface area contributed by atoms with Gasteiger partial charge in [-0.05, 0) is 57.8 Å². The predicted molar refractivity (Wildman–Crippen MR) is 264 cm³/mol. The number of hydrogen-bond donors (Lipinski definition) is 3. The zero-order chi connectivity index (χ0) is 44.5. The number of esters is 1. The summed E-state index contributed by atoms with van der Waals surface area (Å²) in [5.74, 6) is -0.487. The van der Waals surface area contributed by atoms with Crippen LogP contribution in [0.5, 0.6) is 0 Å². The highest BCUT2D eigenvalue weighted by atomic mass is 16.5. The average molecular weight is 858 g/mol. The molecule has 0 aliphatic rings. The molecule has 6 heteroatoms. The maximum atomic E-state index is 13.2. The first-order valence-electron chi connectivity index (χ1n) is 26.7. The molecule has 0 aromatic carbocycles. The predicted octanol–water partition coefficient (Wildman–Crippen LogP) is 16.1. The summed E-state index contributed by atoms with van der Waals surface area (Å²) < 4.78 is 5.94. The van der Waals surface area contributed by atoms with Gasteiger partial charge in [-0.15, -0.1) is 0 Å². The summed E-state index contributed by atoms with van der Waals surface area (Å²) in [5.41, 5.74) is 0. The molecule has 3 N–H and O–H groups in total. The van der Waals surface area contributed by atoms with Gasteiger partial charge in [0.1, 0.15) is 6.10 Å². The quantitative estimate of drug-likeness (QED) is 0.0322. The van der Waals surface area contributed by atoms with Crippen molar-refractivity contribution in [2.75, 3.05) is 6.61 Å². The van der Waals surface area contributed by atoms with Gasteiger partial charge >= 0.3 is 5.97 Å². The first-order chi connectivity index (χ1) is 30.0. The molecule has 0 radical (unpaired) electrons. The molecule has 0 heterocycles. The van der Waals surface area contributed by atoms with Crippen LogP contribution in [0.2, 0.25) is 0 Å². The molecule has 1 amide bonds. The van der Waals surface area contributed by atoms with Crippen molar-refractivity contribution >= 4 is 11.9 Å². The van der Waals surface area contributed by atoms with Crippen molar-refractivity contribution in [3.05, 3.63) is 36.5 Å². The topological polar surface area (TPSA) is 95.9 Å². The van der Waals surface area contributed by atoms with E-state index in [1.807, 2.05) is 0 Å². The molecule has 0 aromatic heterocycles. The number of carbonyl (C=O) groups excluding carboxylic acids is 2. The number of nitrogens with one attached hydrogen (secondary N) is 1. The lowest BCUT2D eigenvalue weighted by atomic mass is 10.0. The van der Waals surface area contributed by atoms with Crippen molar-refractivity contribution in [3.63, 3.8) is 0 Å². The highest BCUT2D eigenvalue weighted by Crippen LogP contribution is 2.18. The molecule has 3 unspecified atom stereocenters. The highest BCUT2D eigenvalue weighted by molar-refractivity contribution is 5.77. The van der Waals surface area contributed by atoms with E-state index in [4.69, 9.17) is 4.74 Å². The maximum Gasteiger partial charge on any atom is 0.306 e. The number of allylic oxidation sites excluding steroid dienone is 6. The number of ether oxygens (including phenoxy) is 1. The van der Waals surface area contributed by atoms with E-state index in [1.54, 1.807) is 0 Å². The van der Waals surface area contributed by atoms with Crippen LogP contribution in [-0.2, 0) is 14.3 Å². The van der Waals surface area contributed by atoms with Crippen LogP contribution in [0.3, 0.4) is 0 Å². The second-order valence-electron chi connectivity index (χ2n) is 18.3. The first-order valence-corrected chi connectivity index (χ1v) is 26.7. The number of rotatable bonds is 48. The lowest BCUT2D eigenvalue weighted by Crippen LogP contribution is -2.46. The Bertz CT molecular complexity index is 1010. The van der Waals surface area contributed by atoms with Crippen molar-refractivity contribution in [3.8, 4) is 0 Å². The average Bonchev–Trinajstić information content (AvgIpc) is 3.25. The summed E-state index contributed by atoms with van der Waals surface area (Å²) in [6.45, 7) is 6.39. The zero-order valence-electron chi connectivity index (χ0n) is 40.8. The number of carbonyl (C=O) groups is 2. The Morgan fingerprint density at radius 3 is 1.34 bits per heavy atom. The summed E-state index contributed by atoms with van der Waals surface area (Å²) in [4.78, 5) is 26.2. The summed E-state index contributed by atoms with van der Waals surface area (Å²) in [5, 5.41) is 23.8. The number of hydrogen-bond acceptors (Lipinski definition) is 5. The standard InChI is InChI=1S/C55H103NO5/c1-4-7-10-13-16-19-22-25-27-28-29-31-34-37-40-43-46-51(61-55(60)48-45-42-39-36-33-30-26-23-20-17-14-11-8-5-2)49-54(59)56-52(50-57)53(58)47-44-41-38-35-32-24-21-18-15-12-9-6-3/h8,11,17,20,26,30,51-53,57-58H,4-7,9-10,12-16,18-19,21-25,27-29,31-50H2,1-3H3,(H,56,59)/b11-8+,20-17+,30-26+. The lowest BCUT2D eigenvalue weighted by Gasteiger charge is -2.24. The highest BCUT2D eigenvalue weighted by Gasteiger charge is 2.24. The van der Waals surface area contributed by atoms with Gasteiger partial charge in [0, 0.05) is 6.42 Å². The van der Waals surface area contributed by atoms with Crippen LogP contribution in [0.1, 0.15) is 278 Å². The third-order valence-electron chi connectivity index (χ3n) is 12.2. The minimum atomic E-state index is -0.788. The Morgan fingerprint density at radius 2 is 0.885 bits per heavy atom. The molecule has 0 saturated carbocycles. The van der Waals surface area contributed by atoms with Crippen LogP contribution in [0.4, 0.5) is 0 Å². The van der Waals surface area contributed by atoms with E-state index in [9.17, 15) is 19.8 Å². The second kappa shape index (κ2) is 49.1. The fourth-order valence-electron chi connectivity index (χ4n) is 8.21. The third kappa shape index (κ3) is 44.5. The minimum absolute atomic E-state index is 0.0727. The molecule has 358 valence electrons. The smallest absolute Gasteiger partial charge is 0.306 e. The fourth-order valence-corrected chi connectivity index (χ4v) is 8.21. The molecule has 0 aliphatic heterocycles. The van der Waals surface area contributed by atoms with E-state index in [-0.39, 0.29) is 24.9 Å². The molecule has 61 heavy (non-hydrogen) atoms. The van der Waals surface area contributed by atoms with Gasteiger partial charge < -0.3 is 20.3 Å². The molecule has 0 fully saturated rings. The Labute approximate surface area is 379 Å². The van der Waals surface area contributed by atoms with Crippen LogP contribution in [-0.4, -0.2) is 46.9 Å². The summed E-state index contributed by atoms with van der Waals surface area (Å²) in [7, 11) is 0. The van der Waals surface area contributed by atoms with E-state index in [1.165, 1.54) is 148 Å². The molecule has 0 rings (SSSR count). The fraction of sp³-hybridized carbons (Fsp3) is 0.855. The van der Waals surface area contributed by atoms with Crippen LogP contribution in [0.25, 0.3) is 0 Å². The number of amides is 1. The SMILES string of the molecule is CC/C=C/C/C=C/C/C=C/CCCCCCC(=O)OC(CCCCCCCCCCCCCCCCCC)CC(=O)NC(CO)C(O)CCCCCCCCCCCCCC. The molecule has 0 aliphatic carbocycles. The van der Waals surface area contributed by atoms with Crippen molar-refractivity contribution in [2.45, 2.75) is 296 Å². The Morgan fingerprint density at radius 1 is 0.492 bits per heavy atom. The van der Waals surface area contributed by atoms with Crippen molar-refractivity contribution < 1.29 is 24.5 Å². The molecular formula is C55H103NO5. The van der Waals surface area contributed by atoms with Gasteiger partial charge in [0.2, 0.25) is 5.91 Å². The summed E-state index contributed by atoms with van der Waals surface area (Å²) in [6.07, 6.45) is 57.7. The Kier molecular flexibility index (Phi) is 47.6. The monoisotopic (exact) mass is 858 g/mol. The van der Waals surface area contributed by atoms with E-state index >= 15 is 0 Å². The molecule has 0 saturated heterocycles. The summed E-state index contributed by atoms with van der Waals surface area (Å²) in [6, 6.07) is -0.702. The van der Waals surface area contributed by atoms with Crippen LogP contribution in [0, 0.1) is 0 Å². The number of aliphatic hydroxyl groups is 2. The minimum Gasteiger partial charge on any atom is -0.462 e. The second-order valence-corrected chi connectivity index (χ2v) is 18.3. The lowest BCUT2D eigenvalue weighted by molar-refractivity contribution is -0.151. The Balaban J connectivity index is 4.58. The van der Waals surface area contributed by atoms with Gasteiger partial charge in [0.25, 0.3) is 0 Å². The van der Waals surface area contributed by atoms with Crippen LogP contribution < -0.4 is 5.32 Å². The van der Waals surface area contributed by atoms with E-state index < -0.39 is 18.2 Å². The molecule has 0 bridgehead atoms. The van der Waals surface area contributed by atoms with E-state index in [0.29, 0.717) is 19.3 Å². The van der Waals surface area contributed by atoms with Gasteiger partial charge in [0.05, 0.1) is 25.2 Å². The van der Waals surface area contributed by atoms with E-state index in [2.05, 4.69) is 62.5 Å². The molecular weight excluding hydrogens is 755 g/mol. The number of aliphatic hydroxyl groups excluding tert-OH is 2. The Hall–Kier alpha value is -1.92. The largest absolute Gasteiger partial charge is 0.462 e. The van der Waals surface area contributed by atoms with Gasteiger partial charge in [-0.1, -0.05) is 243 Å². The molecule has 0 spiro atoms. The van der Waals surface area contributed by atoms with Crippen molar-refractivity contribution in [2.24, 2.45) is 0 Å². The number of unbranched alkanes of at least 4 members (excludes halogenated alkanes) is 30. The molecule has 6 nitrogen and oxygen atoms in total. The van der Waals surface area contributed by atoms with Gasteiger partial charge in [0.15, 0.2) is 0 Å². The van der Waals surface area contributed by atoms with Crippen molar-refractivity contribution in [1.82, 2.24) is 5.32 Å². The first kappa shape index (κ1) is 59.1. The van der Waals surface area contributed by atoms with Crippen LogP contribution in [0.15, 0.2) is 36.5 Å². The van der Waals surface area contributed by atoms with E-state index in [0.717, 1.165) is 83.5 Å². The molecule has 3 atom stereocenters. The van der Waals surface area contributed by atoms with Gasteiger partial charge in [-0.3, -0.25) is 9.59 Å². The van der Waals surface area contributed by atoms with Gasteiger partial charge in [-0.25, -0.2) is 0 Å². The normalized spacial score (nSPS) is 13.5. The van der Waals surface area contributed by atoms with Crippen LogP contribution >= 0.6 is 0 Å². The van der Waals surface area contributed by atoms with Crippen molar-refractivity contribution in [1.29, 1.82) is 0 Å². The third-order valence-corrected chi connectivity index (χ3v) is 12.2.